The van der Waals surface area contributed by atoms with Crippen molar-refractivity contribution in [1.82, 2.24) is 25.2 Å². The lowest BCUT2D eigenvalue weighted by Crippen LogP contribution is -2.36. The van der Waals surface area contributed by atoms with Crippen molar-refractivity contribution in [1.29, 1.82) is 0 Å². The predicted octanol–water partition coefficient (Wildman–Crippen LogP) is 1.53. The van der Waals surface area contributed by atoms with E-state index in [4.69, 9.17) is 0 Å². The summed E-state index contributed by atoms with van der Waals surface area (Å²) in [4.78, 5) is 26.1. The van der Waals surface area contributed by atoms with Gasteiger partial charge in [-0.2, -0.15) is 0 Å². The van der Waals surface area contributed by atoms with Crippen molar-refractivity contribution in [2.45, 2.75) is 26.2 Å². The summed E-state index contributed by atoms with van der Waals surface area (Å²) in [6.45, 7) is 4.99. The van der Waals surface area contributed by atoms with E-state index in [1.807, 2.05) is 30.0 Å². The van der Waals surface area contributed by atoms with Crippen LogP contribution in [0.3, 0.4) is 0 Å². The number of carbonyl (C=O) groups excluding carboxylic acids is 1. The molecule has 6 nitrogen and oxygen atoms in total. The molecule has 0 atom stereocenters. The van der Waals surface area contributed by atoms with E-state index in [0.717, 1.165) is 61.8 Å². The van der Waals surface area contributed by atoms with Crippen molar-refractivity contribution in [3.63, 3.8) is 0 Å². The molecule has 122 valence electrons. The highest BCUT2D eigenvalue weighted by Gasteiger charge is 2.17. The van der Waals surface area contributed by atoms with Gasteiger partial charge in [0, 0.05) is 37.9 Å². The molecule has 1 fully saturated rings. The van der Waals surface area contributed by atoms with E-state index >= 15 is 0 Å². The largest absolute Gasteiger partial charge is 0.342 e. The highest BCUT2D eigenvalue weighted by molar-refractivity contribution is 5.78. The summed E-state index contributed by atoms with van der Waals surface area (Å²) >= 11 is 0. The number of aromatic nitrogens is 3. The summed E-state index contributed by atoms with van der Waals surface area (Å²) < 4.78 is 0. The molecule has 0 radical (unpaired) electrons. The van der Waals surface area contributed by atoms with Crippen LogP contribution in [-0.4, -0.2) is 51.9 Å². The molecule has 1 aliphatic heterocycles. The lowest BCUT2D eigenvalue weighted by atomic mass is 10.2. The first-order valence-corrected chi connectivity index (χ1v) is 8.19. The highest BCUT2D eigenvalue weighted by Crippen LogP contribution is 2.15. The van der Waals surface area contributed by atoms with E-state index in [0.29, 0.717) is 6.54 Å². The molecular formula is C17H23N5O. The lowest BCUT2D eigenvalue weighted by molar-refractivity contribution is -0.129. The normalized spacial score (nSPS) is 14.4. The number of aryl methyl sites for hydroxylation is 1. The van der Waals surface area contributed by atoms with Crippen LogP contribution in [0.5, 0.6) is 0 Å². The minimum atomic E-state index is 0.204. The topological polar surface area (TPSA) is 73.9 Å². The van der Waals surface area contributed by atoms with Gasteiger partial charge in [0.25, 0.3) is 0 Å². The van der Waals surface area contributed by atoms with Crippen molar-refractivity contribution in [3.8, 4) is 11.5 Å². The van der Waals surface area contributed by atoms with Gasteiger partial charge in [-0.1, -0.05) is 6.07 Å². The van der Waals surface area contributed by atoms with E-state index < -0.39 is 0 Å². The second kappa shape index (κ2) is 7.37. The Morgan fingerprint density at radius 2 is 2.17 bits per heavy atom. The first-order chi connectivity index (χ1) is 11.2. The smallest absolute Gasteiger partial charge is 0.236 e. The van der Waals surface area contributed by atoms with Crippen LogP contribution < -0.4 is 5.32 Å². The molecule has 0 spiro atoms. The fourth-order valence-corrected chi connectivity index (χ4v) is 2.84. The van der Waals surface area contributed by atoms with E-state index in [2.05, 4.69) is 20.3 Å². The average molecular weight is 313 g/mol. The Kier molecular flexibility index (Phi) is 5.02. The molecule has 0 bridgehead atoms. The number of hydrogen-bond acceptors (Lipinski definition) is 4. The Morgan fingerprint density at radius 3 is 2.91 bits per heavy atom. The molecule has 0 aliphatic carbocycles. The first kappa shape index (κ1) is 15.7. The molecule has 6 heteroatoms. The monoisotopic (exact) mass is 313 g/mol. The number of imidazole rings is 1. The molecule has 0 unspecified atom stereocenters. The average Bonchev–Trinajstić information content (AvgIpc) is 3.22. The molecule has 3 heterocycles. The number of rotatable bonds is 6. The van der Waals surface area contributed by atoms with Crippen molar-refractivity contribution in [2.24, 2.45) is 0 Å². The molecule has 1 aliphatic rings. The summed E-state index contributed by atoms with van der Waals surface area (Å²) in [5.74, 6) is 1.00. The first-order valence-electron chi connectivity index (χ1n) is 8.19. The van der Waals surface area contributed by atoms with Gasteiger partial charge in [-0.3, -0.25) is 9.78 Å². The van der Waals surface area contributed by atoms with Gasteiger partial charge >= 0.3 is 0 Å². The number of nitrogens with one attached hydrogen (secondary N) is 2. The molecule has 1 saturated heterocycles. The zero-order chi connectivity index (χ0) is 16.1. The third-order valence-electron chi connectivity index (χ3n) is 4.17. The maximum atomic E-state index is 11.9. The fraction of sp³-hybridized carbons (Fsp3) is 0.471. The van der Waals surface area contributed by atoms with Crippen LogP contribution in [0.2, 0.25) is 0 Å². The number of amides is 1. The number of likely N-dealkylation sites (tertiary alicyclic amines) is 1. The summed E-state index contributed by atoms with van der Waals surface area (Å²) in [5.41, 5.74) is 2.92. The van der Waals surface area contributed by atoms with E-state index in [-0.39, 0.29) is 5.91 Å². The SMILES string of the molecule is Cc1[nH]c(-c2ccccn2)nc1CCNCC(=O)N1CCCC1. The Morgan fingerprint density at radius 1 is 1.35 bits per heavy atom. The van der Waals surface area contributed by atoms with Gasteiger partial charge in [-0.15, -0.1) is 0 Å². The van der Waals surface area contributed by atoms with Gasteiger partial charge < -0.3 is 15.2 Å². The summed E-state index contributed by atoms with van der Waals surface area (Å²) in [5, 5.41) is 3.23. The van der Waals surface area contributed by atoms with Crippen LogP contribution in [0.25, 0.3) is 11.5 Å². The Bertz CT molecular complexity index is 646. The Hall–Kier alpha value is -2.21. The zero-order valence-corrected chi connectivity index (χ0v) is 13.5. The highest BCUT2D eigenvalue weighted by atomic mass is 16.2. The van der Waals surface area contributed by atoms with Gasteiger partial charge in [-0.05, 0) is 31.9 Å². The van der Waals surface area contributed by atoms with Crippen LogP contribution in [0.15, 0.2) is 24.4 Å². The van der Waals surface area contributed by atoms with Crippen LogP contribution in [0.1, 0.15) is 24.2 Å². The minimum Gasteiger partial charge on any atom is -0.342 e. The zero-order valence-electron chi connectivity index (χ0n) is 13.5. The number of carbonyl (C=O) groups is 1. The van der Waals surface area contributed by atoms with Crippen molar-refractivity contribution in [2.75, 3.05) is 26.2 Å². The minimum absolute atomic E-state index is 0.204. The van der Waals surface area contributed by atoms with Gasteiger partial charge in [0.1, 0.15) is 5.69 Å². The number of hydrogen-bond donors (Lipinski definition) is 2. The molecular weight excluding hydrogens is 290 g/mol. The molecule has 1 amide bonds. The quantitative estimate of drug-likeness (QED) is 0.793. The van der Waals surface area contributed by atoms with E-state index in [1.165, 1.54) is 0 Å². The van der Waals surface area contributed by atoms with Gasteiger partial charge in [-0.25, -0.2) is 4.98 Å². The molecule has 2 N–H and O–H groups in total. The predicted molar refractivity (Wildman–Crippen MR) is 88.9 cm³/mol. The second-order valence-electron chi connectivity index (χ2n) is 5.89. The molecule has 23 heavy (non-hydrogen) atoms. The molecule has 3 rings (SSSR count). The maximum Gasteiger partial charge on any atom is 0.236 e. The number of H-pyrrole nitrogens is 1. The van der Waals surface area contributed by atoms with E-state index in [9.17, 15) is 4.79 Å². The molecule has 2 aromatic rings. The van der Waals surface area contributed by atoms with Crippen molar-refractivity contribution in [3.05, 3.63) is 35.8 Å². The lowest BCUT2D eigenvalue weighted by Gasteiger charge is -2.15. The third kappa shape index (κ3) is 3.96. The van der Waals surface area contributed by atoms with Crippen LogP contribution in [0, 0.1) is 6.92 Å². The fourth-order valence-electron chi connectivity index (χ4n) is 2.84. The van der Waals surface area contributed by atoms with Crippen LogP contribution >= 0.6 is 0 Å². The maximum absolute atomic E-state index is 11.9. The standard InChI is InChI=1S/C17H23N5O/c1-13-14(21-17(20-13)15-6-2-3-8-19-15)7-9-18-12-16(23)22-10-4-5-11-22/h2-3,6,8,18H,4-5,7,9-12H2,1H3,(H,20,21). The summed E-state index contributed by atoms with van der Waals surface area (Å²) in [7, 11) is 0. The van der Waals surface area contributed by atoms with Gasteiger partial charge in [0.15, 0.2) is 5.82 Å². The molecule has 0 saturated carbocycles. The van der Waals surface area contributed by atoms with Gasteiger partial charge in [0.2, 0.25) is 5.91 Å². The number of pyridine rings is 1. The summed E-state index contributed by atoms with van der Waals surface area (Å²) in [6.07, 6.45) is 4.82. The number of nitrogens with zero attached hydrogens (tertiary/aromatic N) is 3. The molecule has 0 aromatic carbocycles. The van der Waals surface area contributed by atoms with Crippen molar-refractivity contribution < 1.29 is 4.79 Å². The third-order valence-corrected chi connectivity index (χ3v) is 4.17. The second-order valence-corrected chi connectivity index (χ2v) is 5.89. The van der Waals surface area contributed by atoms with E-state index in [1.54, 1.807) is 6.20 Å². The van der Waals surface area contributed by atoms with Gasteiger partial charge in [0.05, 0.1) is 12.2 Å². The number of aromatic amines is 1. The molecule has 2 aromatic heterocycles. The summed E-state index contributed by atoms with van der Waals surface area (Å²) in [6, 6.07) is 5.78. The van der Waals surface area contributed by atoms with Crippen LogP contribution in [-0.2, 0) is 11.2 Å². The van der Waals surface area contributed by atoms with Crippen molar-refractivity contribution >= 4 is 5.91 Å². The van der Waals surface area contributed by atoms with Crippen LogP contribution in [0.4, 0.5) is 0 Å². The Balaban J connectivity index is 1.49. The Labute approximate surface area is 136 Å².